The second-order valence-electron chi connectivity index (χ2n) is 7.24. The Morgan fingerprint density at radius 2 is 1.54 bits per heavy atom. The van der Waals surface area contributed by atoms with Crippen molar-refractivity contribution >= 4 is 42.5 Å². The van der Waals surface area contributed by atoms with Crippen LogP contribution in [0.3, 0.4) is 0 Å². The lowest BCUT2D eigenvalue weighted by Gasteiger charge is -2.11. The van der Waals surface area contributed by atoms with Crippen molar-refractivity contribution in [2.75, 3.05) is 0 Å². The van der Waals surface area contributed by atoms with Crippen LogP contribution in [0.2, 0.25) is 0 Å². The van der Waals surface area contributed by atoms with Gasteiger partial charge in [0.15, 0.2) is 0 Å². The number of aliphatic imine (C=N–C) groups is 1. The molecule has 0 amide bonds. The molecule has 0 saturated carbocycles. The van der Waals surface area contributed by atoms with E-state index >= 15 is 0 Å². The normalized spacial score (nSPS) is 15.1. The van der Waals surface area contributed by atoms with Gasteiger partial charge in [0.2, 0.25) is 0 Å². The lowest BCUT2D eigenvalue weighted by Crippen LogP contribution is -2.32. The summed E-state index contributed by atoms with van der Waals surface area (Å²) in [5, 5.41) is 48.0. The Hall–Kier alpha value is -4.08. The molecule has 1 aliphatic carbocycles. The van der Waals surface area contributed by atoms with Gasteiger partial charge in [-0.15, -0.1) is 0 Å². The molecule has 1 aromatic rings. The van der Waals surface area contributed by atoms with Crippen molar-refractivity contribution in [2.24, 2.45) is 16.5 Å². The van der Waals surface area contributed by atoms with Gasteiger partial charge in [-0.3, -0.25) is 34.8 Å². The van der Waals surface area contributed by atoms with Crippen molar-refractivity contribution < 1.29 is 34.8 Å². The number of rotatable bonds is 8. The number of fused-ring (bicyclic) bond motifs is 1. The van der Waals surface area contributed by atoms with Crippen LogP contribution in [0.4, 0.5) is 11.4 Å². The van der Waals surface area contributed by atoms with Gasteiger partial charge in [-0.1, -0.05) is 18.2 Å². The maximum atomic E-state index is 10.6. The van der Waals surface area contributed by atoms with Gasteiger partial charge < -0.3 is 26.8 Å². The fourth-order valence-corrected chi connectivity index (χ4v) is 3.08. The number of nitrogens with two attached hydrogens (primary N) is 2. The number of hydrogen-bond donors (Lipinski definition) is 5. The summed E-state index contributed by atoms with van der Waals surface area (Å²) in [5.74, 6) is -3.41. The zero-order valence-electron chi connectivity index (χ0n) is 18.0. The van der Waals surface area contributed by atoms with Gasteiger partial charge in [0.05, 0.1) is 15.6 Å². The fraction of sp³-hybridized carbons (Fsp3) is 0.250. The van der Waals surface area contributed by atoms with Gasteiger partial charge in [-0.25, -0.2) is 0 Å². The van der Waals surface area contributed by atoms with E-state index in [9.17, 15) is 34.9 Å². The Balaban J connectivity index is 0.000000348. The fourth-order valence-electron chi connectivity index (χ4n) is 3.08. The predicted molar refractivity (Wildman–Crippen MR) is 129 cm³/mol. The van der Waals surface area contributed by atoms with Crippen LogP contribution in [-0.4, -0.2) is 54.9 Å². The molecule has 3 rings (SSSR count). The second-order valence-corrected chi connectivity index (χ2v) is 7.24. The monoisotopic (exact) mass is 509 g/mol. The van der Waals surface area contributed by atoms with Gasteiger partial charge in [0, 0.05) is 36.7 Å². The average Bonchev–Trinajstić information content (AvgIpc) is 3.17. The highest BCUT2D eigenvalue weighted by molar-refractivity contribution is 7.59. The minimum absolute atomic E-state index is 0. The molecular formula is C20H23N5O9S. The van der Waals surface area contributed by atoms with Crippen molar-refractivity contribution in [3.63, 3.8) is 0 Å². The van der Waals surface area contributed by atoms with Crippen molar-refractivity contribution in [3.8, 4) is 5.75 Å². The molecule has 1 heterocycles. The number of hydrogen-bond acceptors (Lipinski definition) is 10. The minimum atomic E-state index is -1.36. The third-order valence-corrected chi connectivity index (χ3v) is 4.80. The number of nitro benzene ring substituents is 2. The van der Waals surface area contributed by atoms with E-state index < -0.39 is 51.0 Å². The van der Waals surface area contributed by atoms with Gasteiger partial charge in [0.1, 0.15) is 12.1 Å². The molecule has 7 N–H and O–H groups in total. The first-order chi connectivity index (χ1) is 15.9. The summed E-state index contributed by atoms with van der Waals surface area (Å²) in [7, 11) is 0. The van der Waals surface area contributed by atoms with Crippen molar-refractivity contribution in [2.45, 2.75) is 31.3 Å². The van der Waals surface area contributed by atoms with Crippen molar-refractivity contribution in [1.29, 1.82) is 0 Å². The van der Waals surface area contributed by atoms with Crippen LogP contribution in [0.15, 0.2) is 52.7 Å². The average molecular weight is 509 g/mol. The number of nitrogens with zero attached hydrogens (tertiary/aromatic N) is 3. The highest BCUT2D eigenvalue weighted by Crippen LogP contribution is 2.36. The standard InChI is InChI=1S/C11H12N2O2.C9H9N3O7.H2S/c12-9(11(14)15)5-7-6-13-10-4-2-1-3-8(7)10;10-5(9(14)15)1-4-2-6(11(16)17)8(13)7(3-4)12(18)19;/h1-3,6,9H,4-5,12H2,(H,14,15);2-3,5,13H,1,10H2,(H,14,15);1H2/t;5-;/m.0./s1. The molecule has 14 nitrogen and oxygen atoms in total. The number of phenols is 1. The Bertz CT molecular complexity index is 1120. The minimum Gasteiger partial charge on any atom is -0.497 e. The summed E-state index contributed by atoms with van der Waals surface area (Å²) in [6.45, 7) is 0. The molecule has 1 unspecified atom stereocenters. The first-order valence-electron chi connectivity index (χ1n) is 9.67. The Morgan fingerprint density at radius 3 is 2.03 bits per heavy atom. The number of nitro groups is 2. The van der Waals surface area contributed by atoms with Crippen LogP contribution in [0.5, 0.6) is 5.75 Å². The summed E-state index contributed by atoms with van der Waals surface area (Å²) in [5.41, 5.74) is 11.9. The molecule has 0 saturated heterocycles. The molecule has 0 aromatic heterocycles. The molecule has 35 heavy (non-hydrogen) atoms. The highest BCUT2D eigenvalue weighted by atomic mass is 32.1. The summed E-state index contributed by atoms with van der Waals surface area (Å²) in [4.78, 5) is 44.7. The second kappa shape index (κ2) is 12.4. The van der Waals surface area contributed by atoms with Gasteiger partial charge >= 0.3 is 23.3 Å². The Kier molecular flexibility index (Phi) is 10.3. The zero-order valence-corrected chi connectivity index (χ0v) is 19.0. The maximum Gasteiger partial charge on any atom is 0.320 e. The van der Waals surface area contributed by atoms with Crippen LogP contribution in [-0.2, 0) is 16.0 Å². The zero-order chi connectivity index (χ0) is 25.6. The Labute approximate surface area is 204 Å². The number of allylic oxidation sites excluding steroid dienone is 4. The van der Waals surface area contributed by atoms with Crippen LogP contribution >= 0.6 is 13.5 Å². The Morgan fingerprint density at radius 1 is 1.03 bits per heavy atom. The van der Waals surface area contributed by atoms with Crippen molar-refractivity contribution in [1.82, 2.24) is 0 Å². The lowest BCUT2D eigenvalue weighted by molar-refractivity contribution is -0.396. The number of aliphatic carboxylic acids is 2. The first-order valence-corrected chi connectivity index (χ1v) is 9.67. The van der Waals surface area contributed by atoms with Crippen LogP contribution < -0.4 is 11.5 Å². The molecule has 2 aliphatic rings. The van der Waals surface area contributed by atoms with E-state index in [1.807, 2.05) is 18.2 Å². The van der Waals surface area contributed by atoms with E-state index in [1.165, 1.54) is 0 Å². The van der Waals surface area contributed by atoms with E-state index in [-0.39, 0.29) is 25.5 Å². The van der Waals surface area contributed by atoms with Gasteiger partial charge in [0.25, 0.3) is 5.75 Å². The molecule has 188 valence electrons. The SMILES string of the molecule is NC(CC1=CN=C2CC=CC=C12)C(=O)O.N[C@@H](Cc1cc([N+](=O)[O-])c(O)c([N+](=O)[O-])c1)C(=O)O.S. The third kappa shape index (κ3) is 7.46. The largest absolute Gasteiger partial charge is 0.497 e. The third-order valence-electron chi connectivity index (χ3n) is 4.80. The number of carbonyl (C=O) groups is 2. The van der Waals surface area contributed by atoms with E-state index in [2.05, 4.69) is 4.99 Å². The summed E-state index contributed by atoms with van der Waals surface area (Å²) < 4.78 is 0. The van der Waals surface area contributed by atoms with Crippen LogP contribution in [0.25, 0.3) is 0 Å². The molecule has 15 heteroatoms. The first kappa shape index (κ1) is 29.0. The van der Waals surface area contributed by atoms with Gasteiger partial charge in [-0.05, 0) is 17.6 Å². The topological polar surface area (TPSA) is 246 Å². The predicted octanol–water partition coefficient (Wildman–Crippen LogP) is 1.29. The molecule has 0 bridgehead atoms. The summed E-state index contributed by atoms with van der Waals surface area (Å²) in [6.07, 6.45) is 8.47. The maximum absolute atomic E-state index is 10.6. The summed E-state index contributed by atoms with van der Waals surface area (Å²) >= 11 is 0. The quantitative estimate of drug-likeness (QED) is 0.247. The van der Waals surface area contributed by atoms with E-state index in [1.54, 1.807) is 6.20 Å². The van der Waals surface area contributed by atoms with Crippen LogP contribution in [0, 0.1) is 20.2 Å². The number of phenolic OH excluding ortho intramolecular Hbond substituents is 1. The molecule has 0 fully saturated rings. The molecule has 0 radical (unpaired) electrons. The molecule has 0 spiro atoms. The number of aromatic hydroxyl groups is 1. The molecule has 1 aliphatic heterocycles. The van der Waals surface area contributed by atoms with E-state index in [0.717, 1.165) is 35.4 Å². The lowest BCUT2D eigenvalue weighted by atomic mass is 9.94. The van der Waals surface area contributed by atoms with Crippen LogP contribution in [0.1, 0.15) is 18.4 Å². The smallest absolute Gasteiger partial charge is 0.320 e. The molecule has 1 aromatic carbocycles. The van der Waals surface area contributed by atoms with E-state index in [4.69, 9.17) is 21.7 Å². The molecule has 2 atom stereocenters. The van der Waals surface area contributed by atoms with E-state index in [0.29, 0.717) is 6.42 Å². The van der Waals surface area contributed by atoms with Crippen molar-refractivity contribution in [3.05, 3.63) is 73.5 Å². The number of carboxylic acid groups (broad SMARTS) is 2. The molecular weight excluding hydrogens is 486 g/mol. The number of carboxylic acids is 2. The number of benzene rings is 1. The van der Waals surface area contributed by atoms with Gasteiger partial charge in [-0.2, -0.15) is 13.5 Å². The summed E-state index contributed by atoms with van der Waals surface area (Å²) in [6, 6.07) is -0.502. The highest BCUT2D eigenvalue weighted by Gasteiger charge is 2.27.